The number of carbonyl (C=O) groups excluding carboxylic acids is 2. The minimum Gasteiger partial charge on any atom is -0.322 e. The Hall–Kier alpha value is -4.40. The van der Waals surface area contributed by atoms with Gasteiger partial charge >= 0.3 is 6.18 Å². The molecule has 6 nitrogen and oxygen atoms in total. The van der Waals surface area contributed by atoms with E-state index in [4.69, 9.17) is 0 Å². The summed E-state index contributed by atoms with van der Waals surface area (Å²) in [4.78, 5) is 29.4. The molecule has 0 fully saturated rings. The molecular formula is C26H21F3N4O2. The van der Waals surface area contributed by atoms with Gasteiger partial charge in [0, 0.05) is 11.3 Å². The van der Waals surface area contributed by atoms with Crippen LogP contribution in [0.1, 0.15) is 28.4 Å². The highest BCUT2D eigenvalue weighted by molar-refractivity contribution is 6.04. The molecule has 178 valence electrons. The van der Waals surface area contributed by atoms with Crippen LogP contribution >= 0.6 is 0 Å². The van der Waals surface area contributed by atoms with Gasteiger partial charge in [-0.1, -0.05) is 24.3 Å². The van der Waals surface area contributed by atoms with Crippen LogP contribution in [-0.2, 0) is 11.0 Å². The summed E-state index contributed by atoms with van der Waals surface area (Å²) in [6, 6.07) is 16.7. The molecule has 35 heavy (non-hydrogen) atoms. The highest BCUT2D eigenvalue weighted by Crippen LogP contribution is 2.30. The number of aromatic nitrogens is 2. The van der Waals surface area contributed by atoms with Gasteiger partial charge in [-0.25, -0.2) is 4.98 Å². The van der Waals surface area contributed by atoms with Crippen molar-refractivity contribution >= 4 is 34.5 Å². The number of nitrogens with one attached hydrogen (secondary N) is 2. The molecule has 4 aromatic rings. The number of imidazole rings is 1. The fourth-order valence-corrected chi connectivity index (χ4v) is 3.60. The van der Waals surface area contributed by atoms with Crippen molar-refractivity contribution in [3.8, 4) is 5.69 Å². The Morgan fingerprint density at radius 2 is 1.74 bits per heavy atom. The Bertz CT molecular complexity index is 1450. The summed E-state index contributed by atoms with van der Waals surface area (Å²) in [5, 5.41) is 5.40. The fourth-order valence-electron chi connectivity index (χ4n) is 3.60. The van der Waals surface area contributed by atoms with Gasteiger partial charge in [0.25, 0.3) is 5.91 Å². The zero-order valence-corrected chi connectivity index (χ0v) is 18.9. The van der Waals surface area contributed by atoms with Crippen LogP contribution in [0.5, 0.6) is 0 Å². The van der Waals surface area contributed by atoms with Gasteiger partial charge in [-0.15, -0.1) is 0 Å². The Labute approximate surface area is 199 Å². The number of alkyl halides is 3. The minimum atomic E-state index is -4.57. The number of rotatable bonds is 5. The molecule has 9 heteroatoms. The van der Waals surface area contributed by atoms with Crippen molar-refractivity contribution in [2.75, 3.05) is 10.6 Å². The zero-order chi connectivity index (χ0) is 25.2. The summed E-state index contributed by atoms with van der Waals surface area (Å²) >= 11 is 0. The topological polar surface area (TPSA) is 76.0 Å². The van der Waals surface area contributed by atoms with Crippen LogP contribution in [-0.4, -0.2) is 21.4 Å². The maximum Gasteiger partial charge on any atom is 0.416 e. The van der Waals surface area contributed by atoms with Gasteiger partial charge in [-0.3, -0.25) is 19.5 Å². The molecule has 2 amide bonds. The number of hydrogen-bond acceptors (Lipinski definition) is 3. The van der Waals surface area contributed by atoms with Crippen molar-refractivity contribution in [2.24, 2.45) is 0 Å². The van der Waals surface area contributed by atoms with Crippen molar-refractivity contribution in [3.63, 3.8) is 0 Å². The third-order valence-electron chi connectivity index (χ3n) is 5.18. The average molecular weight is 478 g/mol. The molecule has 4 rings (SSSR count). The first-order valence-corrected chi connectivity index (χ1v) is 10.7. The summed E-state index contributed by atoms with van der Waals surface area (Å²) in [5.41, 5.74) is 2.26. The van der Waals surface area contributed by atoms with Crippen molar-refractivity contribution in [1.82, 2.24) is 9.55 Å². The number of aryl methyl sites for hydroxylation is 1. The number of amides is 2. The van der Waals surface area contributed by atoms with Gasteiger partial charge in [-0.2, -0.15) is 13.2 Å². The Morgan fingerprint density at radius 1 is 0.971 bits per heavy atom. The molecule has 0 bridgehead atoms. The third-order valence-corrected chi connectivity index (χ3v) is 5.18. The highest BCUT2D eigenvalue weighted by Gasteiger charge is 2.31. The first-order valence-electron chi connectivity index (χ1n) is 10.7. The van der Waals surface area contributed by atoms with Crippen molar-refractivity contribution in [3.05, 3.63) is 95.6 Å². The summed E-state index contributed by atoms with van der Waals surface area (Å²) in [7, 11) is 0. The van der Waals surface area contributed by atoms with Gasteiger partial charge in [0.05, 0.1) is 22.3 Å². The summed E-state index contributed by atoms with van der Waals surface area (Å²) in [6.45, 7) is 3.63. The monoisotopic (exact) mass is 478 g/mol. The van der Waals surface area contributed by atoms with E-state index in [-0.39, 0.29) is 17.4 Å². The largest absolute Gasteiger partial charge is 0.416 e. The molecule has 0 saturated carbocycles. The molecule has 0 aliphatic carbocycles. The molecule has 0 aliphatic rings. The maximum atomic E-state index is 13.1. The van der Waals surface area contributed by atoms with Gasteiger partial charge in [0.2, 0.25) is 11.9 Å². The number of hydrogen-bond donors (Lipinski definition) is 2. The van der Waals surface area contributed by atoms with E-state index in [1.807, 2.05) is 25.1 Å². The van der Waals surface area contributed by atoms with E-state index in [0.29, 0.717) is 22.4 Å². The predicted molar refractivity (Wildman–Crippen MR) is 129 cm³/mol. The molecule has 3 aromatic carbocycles. The molecule has 0 atom stereocenters. The van der Waals surface area contributed by atoms with Gasteiger partial charge in [-0.05, 0) is 74.0 Å². The summed E-state index contributed by atoms with van der Waals surface area (Å²) < 4.78 is 41.0. The van der Waals surface area contributed by atoms with Crippen LogP contribution in [0.15, 0.2) is 78.9 Å². The minimum absolute atomic E-state index is 0.130. The van der Waals surface area contributed by atoms with E-state index in [9.17, 15) is 22.8 Å². The lowest BCUT2D eigenvalue weighted by atomic mass is 10.1. The smallest absolute Gasteiger partial charge is 0.322 e. The fraction of sp³-hybridized carbons (Fsp3) is 0.115. The molecular weight excluding hydrogens is 457 g/mol. The lowest BCUT2D eigenvalue weighted by molar-refractivity contribution is -0.137. The Kier molecular flexibility index (Phi) is 6.42. The second kappa shape index (κ2) is 9.46. The predicted octanol–water partition coefficient (Wildman–Crippen LogP) is 6.12. The summed E-state index contributed by atoms with van der Waals surface area (Å²) in [5.74, 6) is -0.902. The molecule has 1 heterocycles. The molecule has 2 N–H and O–H groups in total. The van der Waals surface area contributed by atoms with Gasteiger partial charge in [0.1, 0.15) is 0 Å². The van der Waals surface area contributed by atoms with E-state index in [0.717, 1.165) is 17.7 Å². The number of carbonyl (C=O) groups is 2. The highest BCUT2D eigenvalue weighted by atomic mass is 19.4. The van der Waals surface area contributed by atoms with Crippen LogP contribution in [0, 0.1) is 6.92 Å². The summed E-state index contributed by atoms with van der Waals surface area (Å²) in [6.07, 6.45) is -1.56. The second-order valence-corrected chi connectivity index (χ2v) is 7.84. The molecule has 1 aromatic heterocycles. The Morgan fingerprint density at radius 3 is 2.49 bits per heavy atom. The molecule has 0 unspecified atom stereocenters. The molecule has 0 saturated heterocycles. The van der Waals surface area contributed by atoms with Gasteiger partial charge in [0.15, 0.2) is 0 Å². The number of allylic oxidation sites excluding steroid dienone is 1. The average Bonchev–Trinajstić information content (AvgIpc) is 3.15. The third kappa shape index (κ3) is 5.24. The lowest BCUT2D eigenvalue weighted by Crippen LogP contribution is -2.17. The quantitative estimate of drug-likeness (QED) is 0.339. The van der Waals surface area contributed by atoms with E-state index in [1.54, 1.807) is 41.8 Å². The number of benzene rings is 3. The standard InChI is InChI=1S/C26H21F3N4O2/c1-3-6-23(34)30-19-9-5-10-20(15-19)33-22-12-11-16(2)13-21(22)31-25(33)32-24(35)17-7-4-8-18(14-17)26(27,28)29/h3-15H,1-2H3,(H,30,34)(H,31,32,35)/b6-3+. The van der Waals surface area contributed by atoms with E-state index in [1.165, 1.54) is 18.2 Å². The number of halogens is 3. The molecule has 0 radical (unpaired) electrons. The van der Waals surface area contributed by atoms with Crippen LogP contribution in [0.4, 0.5) is 24.8 Å². The second-order valence-electron chi connectivity index (χ2n) is 7.84. The first kappa shape index (κ1) is 23.7. The lowest BCUT2D eigenvalue weighted by Gasteiger charge is -2.13. The van der Waals surface area contributed by atoms with Crippen LogP contribution < -0.4 is 10.6 Å². The Balaban J connectivity index is 1.76. The van der Waals surface area contributed by atoms with E-state index in [2.05, 4.69) is 15.6 Å². The van der Waals surface area contributed by atoms with Crippen molar-refractivity contribution < 1.29 is 22.8 Å². The molecule has 0 aliphatic heterocycles. The normalized spacial score (nSPS) is 11.7. The number of anilines is 2. The maximum absolute atomic E-state index is 13.1. The molecule has 0 spiro atoms. The van der Waals surface area contributed by atoms with Crippen molar-refractivity contribution in [2.45, 2.75) is 20.0 Å². The van der Waals surface area contributed by atoms with E-state index >= 15 is 0 Å². The van der Waals surface area contributed by atoms with Crippen LogP contribution in [0.25, 0.3) is 16.7 Å². The van der Waals surface area contributed by atoms with Gasteiger partial charge < -0.3 is 5.32 Å². The SMILES string of the molecule is C/C=C/C(=O)Nc1cccc(-n2c(NC(=O)c3cccc(C(F)(F)F)c3)nc3cc(C)ccc32)c1. The van der Waals surface area contributed by atoms with E-state index < -0.39 is 17.6 Å². The van der Waals surface area contributed by atoms with Crippen LogP contribution in [0.2, 0.25) is 0 Å². The first-order chi connectivity index (χ1) is 16.7. The number of fused-ring (bicyclic) bond motifs is 1. The zero-order valence-electron chi connectivity index (χ0n) is 18.9. The van der Waals surface area contributed by atoms with Crippen LogP contribution in [0.3, 0.4) is 0 Å². The number of nitrogens with zero attached hydrogens (tertiary/aromatic N) is 2. The van der Waals surface area contributed by atoms with Crippen molar-refractivity contribution in [1.29, 1.82) is 0 Å².